The third kappa shape index (κ3) is 9.14. The Morgan fingerprint density at radius 2 is 1.92 bits per heavy atom. The molecular weight excluding hydrogens is 168 g/mol. The van der Waals surface area contributed by atoms with Gasteiger partial charge in [0.05, 0.1) is 0 Å². The predicted octanol–water partition coefficient (Wildman–Crippen LogP) is 1.67. The number of hydrogen-bond donors (Lipinski definition) is 2. The third-order valence-corrected chi connectivity index (χ3v) is 1.38. The molecule has 0 saturated heterocycles. The first-order valence-corrected chi connectivity index (χ1v) is 4.72. The Bertz CT molecular complexity index is 147. The Kier molecular flexibility index (Phi) is 6.32. The number of amides is 1. The van der Waals surface area contributed by atoms with Crippen molar-refractivity contribution >= 4 is 6.09 Å². The van der Waals surface area contributed by atoms with Crippen LogP contribution in [-0.2, 0) is 4.84 Å². The standard InChI is InChI=1S/C9H20N2O2/c1-7(2)5-6-10-9(12)13-11-8(3)4/h7-8,11H,5-6H2,1-4H3,(H,10,12). The second-order valence-corrected chi connectivity index (χ2v) is 3.77. The average molecular weight is 188 g/mol. The van der Waals surface area contributed by atoms with Crippen LogP contribution in [0, 0.1) is 5.92 Å². The van der Waals surface area contributed by atoms with E-state index >= 15 is 0 Å². The van der Waals surface area contributed by atoms with Gasteiger partial charge in [-0.1, -0.05) is 13.8 Å². The monoisotopic (exact) mass is 188 g/mol. The van der Waals surface area contributed by atoms with Gasteiger partial charge in [-0.2, -0.15) is 0 Å². The summed E-state index contributed by atoms with van der Waals surface area (Å²) in [5.41, 5.74) is 2.57. The zero-order chi connectivity index (χ0) is 10.3. The van der Waals surface area contributed by atoms with Crippen LogP contribution in [0.15, 0.2) is 0 Å². The first kappa shape index (κ1) is 12.2. The molecule has 2 N–H and O–H groups in total. The van der Waals surface area contributed by atoms with Crippen LogP contribution in [0.5, 0.6) is 0 Å². The van der Waals surface area contributed by atoms with E-state index in [9.17, 15) is 4.79 Å². The summed E-state index contributed by atoms with van der Waals surface area (Å²) in [6.45, 7) is 8.69. The molecule has 1 amide bonds. The van der Waals surface area contributed by atoms with Gasteiger partial charge in [-0.3, -0.25) is 0 Å². The summed E-state index contributed by atoms with van der Waals surface area (Å²) >= 11 is 0. The number of nitrogens with one attached hydrogen (secondary N) is 2. The Balaban J connectivity index is 3.30. The maximum atomic E-state index is 10.9. The molecule has 0 fully saturated rings. The first-order chi connectivity index (χ1) is 6.02. The van der Waals surface area contributed by atoms with Crippen molar-refractivity contribution in [3.8, 4) is 0 Å². The largest absolute Gasteiger partial charge is 0.426 e. The van der Waals surface area contributed by atoms with Gasteiger partial charge in [-0.05, 0) is 26.2 Å². The maximum Gasteiger partial charge on any atom is 0.426 e. The van der Waals surface area contributed by atoms with Gasteiger partial charge in [-0.15, -0.1) is 5.48 Å². The summed E-state index contributed by atoms with van der Waals surface area (Å²) < 4.78 is 0. The SMILES string of the molecule is CC(C)CCNC(=O)ONC(C)C. The van der Waals surface area contributed by atoms with Gasteiger partial charge in [0.1, 0.15) is 0 Å². The smallest absolute Gasteiger partial charge is 0.354 e. The Hall–Kier alpha value is -0.770. The summed E-state index contributed by atoms with van der Waals surface area (Å²) in [6.07, 6.45) is 0.561. The molecule has 0 spiro atoms. The molecule has 0 atom stereocenters. The number of hydroxylamine groups is 1. The normalized spacial score (nSPS) is 10.6. The lowest BCUT2D eigenvalue weighted by Gasteiger charge is -2.10. The fraction of sp³-hybridized carbons (Fsp3) is 0.889. The fourth-order valence-corrected chi connectivity index (χ4v) is 0.670. The van der Waals surface area contributed by atoms with E-state index in [-0.39, 0.29) is 6.04 Å². The summed E-state index contributed by atoms with van der Waals surface area (Å²) in [6, 6.07) is 0.149. The van der Waals surface area contributed by atoms with E-state index in [1.165, 1.54) is 0 Å². The maximum absolute atomic E-state index is 10.9. The molecule has 0 aromatic carbocycles. The molecule has 0 rings (SSSR count). The molecule has 0 aliphatic rings. The van der Waals surface area contributed by atoms with E-state index < -0.39 is 6.09 Å². The zero-order valence-electron chi connectivity index (χ0n) is 8.89. The van der Waals surface area contributed by atoms with Crippen LogP contribution in [0.4, 0.5) is 4.79 Å². The summed E-state index contributed by atoms with van der Waals surface area (Å²) in [4.78, 5) is 15.6. The highest BCUT2D eigenvalue weighted by molar-refractivity contribution is 5.66. The van der Waals surface area contributed by atoms with Crippen molar-refractivity contribution in [2.75, 3.05) is 6.54 Å². The molecular formula is C9H20N2O2. The van der Waals surface area contributed by atoms with E-state index in [1.54, 1.807) is 0 Å². The van der Waals surface area contributed by atoms with Crippen molar-refractivity contribution < 1.29 is 9.63 Å². The highest BCUT2D eigenvalue weighted by atomic mass is 16.7. The van der Waals surface area contributed by atoms with Crippen LogP contribution in [0.3, 0.4) is 0 Å². The van der Waals surface area contributed by atoms with E-state index in [2.05, 4.69) is 29.5 Å². The molecule has 0 heterocycles. The molecule has 0 aliphatic heterocycles. The van der Waals surface area contributed by atoms with Gasteiger partial charge in [0.15, 0.2) is 0 Å². The van der Waals surface area contributed by atoms with Gasteiger partial charge in [0.2, 0.25) is 0 Å². The topological polar surface area (TPSA) is 50.4 Å². The van der Waals surface area contributed by atoms with E-state index in [4.69, 9.17) is 0 Å². The number of carbonyl (C=O) groups excluding carboxylic acids is 1. The van der Waals surface area contributed by atoms with Crippen LogP contribution in [-0.4, -0.2) is 18.7 Å². The van der Waals surface area contributed by atoms with E-state index in [0.717, 1.165) is 6.42 Å². The first-order valence-electron chi connectivity index (χ1n) is 4.72. The second kappa shape index (κ2) is 6.71. The minimum atomic E-state index is -0.408. The molecule has 0 aromatic rings. The van der Waals surface area contributed by atoms with E-state index in [0.29, 0.717) is 12.5 Å². The lowest BCUT2D eigenvalue weighted by molar-refractivity contribution is 0.0753. The van der Waals surface area contributed by atoms with Crippen LogP contribution in [0.1, 0.15) is 34.1 Å². The predicted molar refractivity (Wildman–Crippen MR) is 52.2 cm³/mol. The van der Waals surface area contributed by atoms with Crippen LogP contribution >= 0.6 is 0 Å². The number of carbonyl (C=O) groups is 1. The summed E-state index contributed by atoms with van der Waals surface area (Å²) in [5.74, 6) is 0.596. The highest BCUT2D eigenvalue weighted by Crippen LogP contribution is 1.96. The number of hydrogen-bond acceptors (Lipinski definition) is 3. The second-order valence-electron chi connectivity index (χ2n) is 3.77. The van der Waals surface area contributed by atoms with Crippen LogP contribution in [0.25, 0.3) is 0 Å². The van der Waals surface area contributed by atoms with Gasteiger partial charge < -0.3 is 10.2 Å². The minimum Gasteiger partial charge on any atom is -0.354 e. The molecule has 0 radical (unpaired) electrons. The molecule has 0 aromatic heterocycles. The minimum absolute atomic E-state index is 0.149. The Labute approximate surface area is 80.0 Å². The molecule has 0 unspecified atom stereocenters. The molecule has 4 heteroatoms. The van der Waals surface area contributed by atoms with Crippen molar-refractivity contribution in [1.29, 1.82) is 0 Å². The van der Waals surface area contributed by atoms with Gasteiger partial charge in [0, 0.05) is 12.6 Å². The third-order valence-electron chi connectivity index (χ3n) is 1.38. The van der Waals surface area contributed by atoms with Crippen LogP contribution < -0.4 is 10.8 Å². The molecule has 78 valence electrons. The highest BCUT2D eigenvalue weighted by Gasteiger charge is 2.02. The van der Waals surface area contributed by atoms with Crippen molar-refractivity contribution in [2.24, 2.45) is 5.92 Å². The van der Waals surface area contributed by atoms with E-state index in [1.807, 2.05) is 13.8 Å². The molecule has 0 bridgehead atoms. The Morgan fingerprint density at radius 1 is 1.31 bits per heavy atom. The quantitative estimate of drug-likeness (QED) is 0.645. The molecule has 4 nitrogen and oxygen atoms in total. The van der Waals surface area contributed by atoms with Crippen molar-refractivity contribution in [3.05, 3.63) is 0 Å². The average Bonchev–Trinajstić information content (AvgIpc) is 2.00. The molecule has 0 aliphatic carbocycles. The van der Waals surface area contributed by atoms with Gasteiger partial charge in [0.25, 0.3) is 0 Å². The fourth-order valence-electron chi connectivity index (χ4n) is 0.670. The van der Waals surface area contributed by atoms with Gasteiger partial charge >= 0.3 is 6.09 Å². The van der Waals surface area contributed by atoms with Gasteiger partial charge in [-0.25, -0.2) is 4.79 Å². The van der Waals surface area contributed by atoms with Crippen molar-refractivity contribution in [2.45, 2.75) is 40.2 Å². The summed E-state index contributed by atoms with van der Waals surface area (Å²) in [7, 11) is 0. The lowest BCUT2D eigenvalue weighted by atomic mass is 10.1. The Morgan fingerprint density at radius 3 is 2.38 bits per heavy atom. The molecule has 13 heavy (non-hydrogen) atoms. The zero-order valence-corrected chi connectivity index (χ0v) is 8.89. The summed E-state index contributed by atoms with van der Waals surface area (Å²) in [5, 5.41) is 2.65. The van der Waals surface area contributed by atoms with Crippen molar-refractivity contribution in [1.82, 2.24) is 10.8 Å². The van der Waals surface area contributed by atoms with Crippen molar-refractivity contribution in [3.63, 3.8) is 0 Å². The number of rotatable bonds is 5. The molecule has 0 saturated carbocycles. The lowest BCUT2D eigenvalue weighted by Crippen LogP contribution is -2.34. The van der Waals surface area contributed by atoms with Crippen LogP contribution in [0.2, 0.25) is 0 Å².